The molecule has 0 saturated carbocycles. The van der Waals surface area contributed by atoms with Gasteiger partial charge in [0.05, 0.1) is 38.1 Å². The molecule has 0 bridgehead atoms. The maximum absolute atomic E-state index is 12.7. The van der Waals surface area contributed by atoms with Gasteiger partial charge in [-0.1, -0.05) is 18.5 Å². The van der Waals surface area contributed by atoms with E-state index in [-0.39, 0.29) is 5.91 Å². The predicted molar refractivity (Wildman–Crippen MR) is 106 cm³/mol. The minimum absolute atomic E-state index is 0.321. The van der Waals surface area contributed by atoms with Gasteiger partial charge in [0.1, 0.15) is 11.5 Å². The second-order valence-electron chi connectivity index (χ2n) is 5.59. The van der Waals surface area contributed by atoms with E-state index < -0.39 is 0 Å². The first kappa shape index (κ1) is 20.7. The number of benzene rings is 2. The van der Waals surface area contributed by atoms with E-state index in [1.54, 1.807) is 37.4 Å². The van der Waals surface area contributed by atoms with Crippen molar-refractivity contribution in [2.75, 3.05) is 32.8 Å². The minimum Gasteiger partial charge on any atom is -0.497 e. The summed E-state index contributed by atoms with van der Waals surface area (Å²) in [7, 11) is 3.08. The molecule has 0 radical (unpaired) electrons. The van der Waals surface area contributed by atoms with Crippen LogP contribution in [0.15, 0.2) is 30.3 Å². The number of anilines is 1. The van der Waals surface area contributed by atoms with Crippen LogP contribution in [0.1, 0.15) is 30.6 Å². The Balaban J connectivity index is 2.30. The minimum atomic E-state index is -0.344. The lowest BCUT2D eigenvalue weighted by atomic mass is 10.1. The molecule has 2 aromatic carbocycles. The van der Waals surface area contributed by atoms with Crippen LogP contribution in [-0.4, -0.2) is 33.3 Å². The summed E-state index contributed by atoms with van der Waals surface area (Å²) in [4.78, 5) is 12.7. The first-order valence-corrected chi connectivity index (χ1v) is 9.04. The highest BCUT2D eigenvalue weighted by Crippen LogP contribution is 2.37. The van der Waals surface area contributed by atoms with Gasteiger partial charge >= 0.3 is 0 Å². The van der Waals surface area contributed by atoms with Crippen molar-refractivity contribution in [1.29, 1.82) is 0 Å². The molecule has 0 unspecified atom stereocenters. The van der Waals surface area contributed by atoms with Crippen LogP contribution in [0.4, 0.5) is 5.69 Å². The molecule has 6 nitrogen and oxygen atoms in total. The molecule has 0 atom stereocenters. The van der Waals surface area contributed by atoms with E-state index in [2.05, 4.69) is 5.32 Å². The Morgan fingerprint density at radius 3 is 2.44 bits per heavy atom. The van der Waals surface area contributed by atoms with Gasteiger partial charge in [0.25, 0.3) is 5.91 Å². The third kappa shape index (κ3) is 5.20. The Hall–Kier alpha value is -2.60. The molecule has 0 aliphatic heterocycles. The maximum Gasteiger partial charge on any atom is 0.255 e. The Morgan fingerprint density at radius 1 is 1.04 bits per heavy atom. The number of hydrogen-bond acceptors (Lipinski definition) is 5. The van der Waals surface area contributed by atoms with Crippen molar-refractivity contribution in [1.82, 2.24) is 0 Å². The Kier molecular flexibility index (Phi) is 7.61. The van der Waals surface area contributed by atoms with Crippen LogP contribution in [-0.2, 0) is 0 Å². The molecular formula is C20H24ClNO5. The molecule has 0 aliphatic rings. The monoisotopic (exact) mass is 393 g/mol. The largest absolute Gasteiger partial charge is 0.497 e. The van der Waals surface area contributed by atoms with Crippen molar-refractivity contribution < 1.29 is 23.7 Å². The standard InChI is InChI=1S/C20H24ClNO5/c1-5-9-27-19-15(21)10-13(11-18(19)26-6-2)20(23)22-16-8-7-14(24-3)12-17(16)25-4/h7-8,10-12H,5-6,9H2,1-4H3,(H,22,23). The van der Waals surface area contributed by atoms with Crippen molar-refractivity contribution in [3.05, 3.63) is 40.9 Å². The van der Waals surface area contributed by atoms with Gasteiger partial charge in [-0.2, -0.15) is 0 Å². The van der Waals surface area contributed by atoms with Crippen molar-refractivity contribution in [3.63, 3.8) is 0 Å². The Labute approximate surface area is 164 Å². The summed E-state index contributed by atoms with van der Waals surface area (Å²) in [5.41, 5.74) is 0.869. The SMILES string of the molecule is CCCOc1c(Cl)cc(C(=O)Nc2ccc(OC)cc2OC)cc1OCC. The van der Waals surface area contributed by atoms with Gasteiger partial charge in [0.2, 0.25) is 0 Å². The van der Waals surface area contributed by atoms with E-state index in [1.165, 1.54) is 7.11 Å². The van der Waals surface area contributed by atoms with E-state index in [0.29, 0.717) is 52.5 Å². The highest BCUT2D eigenvalue weighted by Gasteiger charge is 2.17. The summed E-state index contributed by atoms with van der Waals surface area (Å²) in [5.74, 6) is 1.65. The summed E-state index contributed by atoms with van der Waals surface area (Å²) in [6, 6.07) is 8.31. The number of ether oxygens (including phenoxy) is 4. The fourth-order valence-electron chi connectivity index (χ4n) is 2.40. The van der Waals surface area contributed by atoms with Crippen LogP contribution >= 0.6 is 11.6 Å². The Morgan fingerprint density at radius 2 is 1.81 bits per heavy atom. The normalized spacial score (nSPS) is 10.3. The van der Waals surface area contributed by atoms with Crippen molar-refractivity contribution in [3.8, 4) is 23.0 Å². The fraction of sp³-hybridized carbons (Fsp3) is 0.350. The number of rotatable bonds is 9. The quantitative estimate of drug-likeness (QED) is 0.663. The number of nitrogens with one attached hydrogen (secondary N) is 1. The van der Waals surface area contributed by atoms with Crippen LogP contribution in [0.2, 0.25) is 5.02 Å². The van der Waals surface area contributed by atoms with E-state index >= 15 is 0 Å². The number of halogens is 1. The molecule has 2 aromatic rings. The molecule has 0 saturated heterocycles. The molecule has 27 heavy (non-hydrogen) atoms. The topological polar surface area (TPSA) is 66.0 Å². The number of carbonyl (C=O) groups is 1. The average molecular weight is 394 g/mol. The first-order chi connectivity index (χ1) is 13.0. The second kappa shape index (κ2) is 9.92. The van der Waals surface area contributed by atoms with Crippen LogP contribution in [0.3, 0.4) is 0 Å². The molecule has 0 spiro atoms. The number of amides is 1. The molecule has 146 valence electrons. The van der Waals surface area contributed by atoms with Gasteiger partial charge < -0.3 is 24.3 Å². The molecule has 2 rings (SSSR count). The summed E-state index contributed by atoms with van der Waals surface area (Å²) in [6.45, 7) is 4.79. The third-order valence-corrected chi connectivity index (χ3v) is 3.96. The molecular weight excluding hydrogens is 370 g/mol. The molecule has 0 fully saturated rings. The summed E-state index contributed by atoms with van der Waals surface area (Å²) < 4.78 is 21.7. The molecule has 0 aromatic heterocycles. The average Bonchev–Trinajstić information content (AvgIpc) is 2.67. The van der Waals surface area contributed by atoms with Gasteiger partial charge in [-0.15, -0.1) is 0 Å². The van der Waals surface area contributed by atoms with Gasteiger partial charge in [0.15, 0.2) is 11.5 Å². The highest BCUT2D eigenvalue weighted by molar-refractivity contribution is 6.32. The van der Waals surface area contributed by atoms with E-state index in [0.717, 1.165) is 6.42 Å². The highest BCUT2D eigenvalue weighted by atomic mass is 35.5. The Bertz CT molecular complexity index is 794. The molecule has 1 N–H and O–H groups in total. The second-order valence-corrected chi connectivity index (χ2v) is 5.99. The smallest absolute Gasteiger partial charge is 0.255 e. The van der Waals surface area contributed by atoms with Crippen LogP contribution in [0.5, 0.6) is 23.0 Å². The molecule has 0 aliphatic carbocycles. The van der Waals surface area contributed by atoms with Crippen LogP contribution in [0, 0.1) is 0 Å². The van der Waals surface area contributed by atoms with Gasteiger partial charge in [-0.25, -0.2) is 0 Å². The molecule has 1 amide bonds. The summed E-state index contributed by atoms with van der Waals surface area (Å²) >= 11 is 6.32. The number of carbonyl (C=O) groups excluding carboxylic acids is 1. The lowest BCUT2D eigenvalue weighted by Crippen LogP contribution is -2.13. The van der Waals surface area contributed by atoms with Crippen LogP contribution in [0.25, 0.3) is 0 Å². The zero-order valence-corrected chi connectivity index (χ0v) is 16.7. The number of hydrogen-bond donors (Lipinski definition) is 1. The van der Waals surface area contributed by atoms with Gasteiger partial charge in [-0.3, -0.25) is 4.79 Å². The van der Waals surface area contributed by atoms with Gasteiger partial charge in [0, 0.05) is 11.6 Å². The van der Waals surface area contributed by atoms with E-state index in [4.69, 9.17) is 30.5 Å². The van der Waals surface area contributed by atoms with E-state index in [9.17, 15) is 4.79 Å². The number of methoxy groups -OCH3 is 2. The zero-order chi connectivity index (χ0) is 19.8. The molecule has 0 heterocycles. The lowest BCUT2D eigenvalue weighted by Gasteiger charge is -2.15. The van der Waals surface area contributed by atoms with E-state index in [1.807, 2.05) is 13.8 Å². The maximum atomic E-state index is 12.7. The third-order valence-electron chi connectivity index (χ3n) is 3.68. The van der Waals surface area contributed by atoms with Crippen molar-refractivity contribution in [2.24, 2.45) is 0 Å². The lowest BCUT2D eigenvalue weighted by molar-refractivity contribution is 0.102. The van der Waals surface area contributed by atoms with Crippen molar-refractivity contribution >= 4 is 23.2 Å². The van der Waals surface area contributed by atoms with Crippen molar-refractivity contribution in [2.45, 2.75) is 20.3 Å². The fourth-order valence-corrected chi connectivity index (χ4v) is 2.67. The summed E-state index contributed by atoms with van der Waals surface area (Å²) in [5, 5.41) is 3.13. The predicted octanol–water partition coefficient (Wildman–Crippen LogP) is 4.80. The first-order valence-electron chi connectivity index (χ1n) is 8.66. The van der Waals surface area contributed by atoms with Crippen LogP contribution < -0.4 is 24.3 Å². The summed E-state index contributed by atoms with van der Waals surface area (Å²) in [6.07, 6.45) is 0.835. The molecule has 7 heteroatoms. The zero-order valence-electron chi connectivity index (χ0n) is 15.9. The van der Waals surface area contributed by atoms with Gasteiger partial charge in [-0.05, 0) is 37.6 Å².